The van der Waals surface area contributed by atoms with Gasteiger partial charge >= 0.3 is 0 Å². The van der Waals surface area contributed by atoms with Crippen LogP contribution in [0.3, 0.4) is 0 Å². The third-order valence-corrected chi connectivity index (χ3v) is 5.13. The maximum absolute atomic E-state index is 3.96. The molecule has 1 N–H and O–H groups in total. The third kappa shape index (κ3) is 2.86. The van der Waals surface area contributed by atoms with Gasteiger partial charge in [-0.3, -0.25) is 0 Å². The Morgan fingerprint density at radius 2 is 1.84 bits per heavy atom. The summed E-state index contributed by atoms with van der Waals surface area (Å²) in [5.41, 5.74) is 3.67. The maximum Gasteiger partial charge on any atom is 0.0113 e. The van der Waals surface area contributed by atoms with Crippen LogP contribution in [-0.2, 0) is 12.8 Å². The molecular weight excluding hydrogens is 230 g/mol. The summed E-state index contributed by atoms with van der Waals surface area (Å²) < 4.78 is 0. The van der Waals surface area contributed by atoms with Crippen LogP contribution >= 0.6 is 0 Å². The molecule has 0 radical (unpaired) electrons. The smallest absolute Gasteiger partial charge is 0.0113 e. The zero-order chi connectivity index (χ0) is 13.5. The molecule has 1 fully saturated rings. The van der Waals surface area contributed by atoms with Gasteiger partial charge in [-0.25, -0.2) is 0 Å². The third-order valence-electron chi connectivity index (χ3n) is 5.13. The monoisotopic (exact) mass is 257 g/mol. The molecule has 0 amide bonds. The van der Waals surface area contributed by atoms with Crippen molar-refractivity contribution in [2.24, 2.45) is 11.3 Å². The molecule has 1 aromatic carbocycles. The second kappa shape index (κ2) is 4.94. The van der Waals surface area contributed by atoms with E-state index in [2.05, 4.69) is 50.4 Å². The second-order valence-electron chi connectivity index (χ2n) is 7.53. The zero-order valence-corrected chi connectivity index (χ0v) is 12.6. The molecule has 19 heavy (non-hydrogen) atoms. The topological polar surface area (TPSA) is 12.0 Å². The SMILES string of the molecule is CC1CC(C)(C)CC1NC1CCc2ccccc2C1. The molecule has 3 atom stereocenters. The zero-order valence-electron chi connectivity index (χ0n) is 12.6. The van der Waals surface area contributed by atoms with Crippen LogP contribution in [0.5, 0.6) is 0 Å². The van der Waals surface area contributed by atoms with Gasteiger partial charge in [0.2, 0.25) is 0 Å². The Bertz CT molecular complexity index is 449. The van der Waals surface area contributed by atoms with Gasteiger partial charge in [0.05, 0.1) is 0 Å². The summed E-state index contributed by atoms with van der Waals surface area (Å²) in [5, 5.41) is 3.96. The summed E-state index contributed by atoms with van der Waals surface area (Å²) in [6.45, 7) is 7.26. The fourth-order valence-corrected chi connectivity index (χ4v) is 4.26. The minimum atomic E-state index is 0.531. The number of nitrogens with one attached hydrogen (secondary N) is 1. The molecule has 1 saturated carbocycles. The van der Waals surface area contributed by atoms with E-state index >= 15 is 0 Å². The van der Waals surface area contributed by atoms with Gasteiger partial charge in [-0.05, 0) is 54.6 Å². The minimum Gasteiger partial charge on any atom is -0.311 e. The van der Waals surface area contributed by atoms with Crippen molar-refractivity contribution in [3.8, 4) is 0 Å². The van der Waals surface area contributed by atoms with Crippen LogP contribution in [0.4, 0.5) is 0 Å². The predicted molar refractivity (Wildman–Crippen MR) is 81.4 cm³/mol. The maximum atomic E-state index is 3.96. The molecule has 0 aromatic heterocycles. The molecule has 3 rings (SSSR count). The Kier molecular flexibility index (Phi) is 3.42. The molecule has 1 aromatic rings. The largest absolute Gasteiger partial charge is 0.311 e. The van der Waals surface area contributed by atoms with Crippen molar-refractivity contribution in [3.63, 3.8) is 0 Å². The van der Waals surface area contributed by atoms with Crippen LogP contribution in [0.25, 0.3) is 0 Å². The van der Waals surface area contributed by atoms with E-state index in [0.717, 1.165) is 12.0 Å². The molecule has 104 valence electrons. The average Bonchev–Trinajstić information content (AvgIpc) is 2.62. The molecule has 1 heteroatoms. The van der Waals surface area contributed by atoms with E-state index < -0.39 is 0 Å². The van der Waals surface area contributed by atoms with Crippen LogP contribution in [-0.4, -0.2) is 12.1 Å². The standard InChI is InChI=1S/C18H27N/c1-13-11-18(2,3)12-17(13)19-16-9-8-14-6-4-5-7-15(14)10-16/h4-7,13,16-17,19H,8-12H2,1-3H3. The highest BCUT2D eigenvalue weighted by Crippen LogP contribution is 2.41. The summed E-state index contributed by atoms with van der Waals surface area (Å²) in [4.78, 5) is 0. The fraction of sp³-hybridized carbons (Fsp3) is 0.667. The van der Waals surface area contributed by atoms with Crippen LogP contribution < -0.4 is 5.32 Å². The Labute approximate surface area is 117 Å². The number of hydrogen-bond acceptors (Lipinski definition) is 1. The number of hydrogen-bond donors (Lipinski definition) is 1. The second-order valence-corrected chi connectivity index (χ2v) is 7.53. The summed E-state index contributed by atoms with van der Waals surface area (Å²) in [6.07, 6.45) is 6.49. The highest BCUT2D eigenvalue weighted by molar-refractivity contribution is 5.30. The number of fused-ring (bicyclic) bond motifs is 1. The van der Waals surface area contributed by atoms with E-state index in [1.165, 1.54) is 32.1 Å². The molecule has 1 nitrogen and oxygen atoms in total. The Morgan fingerprint density at radius 3 is 2.53 bits per heavy atom. The van der Waals surface area contributed by atoms with E-state index in [1.807, 2.05) is 0 Å². The summed E-state index contributed by atoms with van der Waals surface area (Å²) in [6, 6.07) is 10.4. The highest BCUT2D eigenvalue weighted by atomic mass is 15.0. The normalized spacial score (nSPS) is 33.1. The van der Waals surface area contributed by atoms with Crippen molar-refractivity contribution in [3.05, 3.63) is 35.4 Å². The lowest BCUT2D eigenvalue weighted by Crippen LogP contribution is -2.43. The Hall–Kier alpha value is -0.820. The number of rotatable bonds is 2. The summed E-state index contributed by atoms with van der Waals surface area (Å²) in [5.74, 6) is 0.826. The van der Waals surface area contributed by atoms with E-state index in [1.54, 1.807) is 11.1 Å². The van der Waals surface area contributed by atoms with Gasteiger partial charge in [0.25, 0.3) is 0 Å². The van der Waals surface area contributed by atoms with Crippen molar-refractivity contribution >= 4 is 0 Å². The summed E-state index contributed by atoms with van der Waals surface area (Å²) in [7, 11) is 0. The molecule has 2 aliphatic rings. The van der Waals surface area contributed by atoms with Crippen LogP contribution in [0.1, 0.15) is 51.2 Å². The van der Waals surface area contributed by atoms with Gasteiger partial charge in [0.1, 0.15) is 0 Å². The molecule has 2 aliphatic carbocycles. The van der Waals surface area contributed by atoms with Crippen molar-refractivity contribution in [1.29, 1.82) is 0 Å². The molecule has 3 unspecified atom stereocenters. The van der Waals surface area contributed by atoms with Crippen LogP contribution in [0.2, 0.25) is 0 Å². The van der Waals surface area contributed by atoms with Crippen LogP contribution in [0, 0.1) is 11.3 Å². The summed E-state index contributed by atoms with van der Waals surface area (Å²) >= 11 is 0. The Balaban J connectivity index is 1.64. The Morgan fingerprint density at radius 1 is 1.11 bits per heavy atom. The minimum absolute atomic E-state index is 0.531. The van der Waals surface area contributed by atoms with E-state index in [9.17, 15) is 0 Å². The van der Waals surface area contributed by atoms with E-state index in [0.29, 0.717) is 11.5 Å². The molecule has 0 spiro atoms. The molecular formula is C18H27N. The lowest BCUT2D eigenvalue weighted by molar-refractivity contribution is 0.336. The van der Waals surface area contributed by atoms with Crippen molar-refractivity contribution in [2.45, 2.75) is 65.0 Å². The van der Waals surface area contributed by atoms with Crippen LogP contribution in [0.15, 0.2) is 24.3 Å². The van der Waals surface area contributed by atoms with Crippen molar-refractivity contribution in [1.82, 2.24) is 5.32 Å². The van der Waals surface area contributed by atoms with Gasteiger partial charge in [0, 0.05) is 12.1 Å². The number of benzene rings is 1. The van der Waals surface area contributed by atoms with Gasteiger partial charge in [0.15, 0.2) is 0 Å². The average molecular weight is 257 g/mol. The first kappa shape index (κ1) is 13.2. The predicted octanol–water partition coefficient (Wildman–Crippen LogP) is 3.96. The lowest BCUT2D eigenvalue weighted by atomic mass is 9.87. The van der Waals surface area contributed by atoms with Gasteiger partial charge < -0.3 is 5.32 Å². The van der Waals surface area contributed by atoms with E-state index in [4.69, 9.17) is 0 Å². The highest BCUT2D eigenvalue weighted by Gasteiger charge is 2.37. The molecule has 0 bridgehead atoms. The first-order valence-corrected chi connectivity index (χ1v) is 7.86. The quantitative estimate of drug-likeness (QED) is 0.845. The van der Waals surface area contributed by atoms with E-state index in [-0.39, 0.29) is 0 Å². The lowest BCUT2D eigenvalue weighted by Gasteiger charge is -2.30. The molecule has 0 heterocycles. The first-order chi connectivity index (χ1) is 9.03. The fourth-order valence-electron chi connectivity index (χ4n) is 4.26. The number of aryl methyl sites for hydroxylation is 1. The van der Waals surface area contributed by atoms with Gasteiger partial charge in [-0.2, -0.15) is 0 Å². The van der Waals surface area contributed by atoms with Crippen molar-refractivity contribution in [2.75, 3.05) is 0 Å². The molecule has 0 saturated heterocycles. The first-order valence-electron chi connectivity index (χ1n) is 7.86. The molecule has 0 aliphatic heterocycles. The van der Waals surface area contributed by atoms with Gasteiger partial charge in [-0.1, -0.05) is 45.0 Å². The van der Waals surface area contributed by atoms with Gasteiger partial charge in [-0.15, -0.1) is 0 Å². The van der Waals surface area contributed by atoms with Crippen molar-refractivity contribution < 1.29 is 0 Å².